The van der Waals surface area contributed by atoms with Gasteiger partial charge in [0.2, 0.25) is 11.6 Å². The molecule has 0 spiro atoms. The van der Waals surface area contributed by atoms with Crippen LogP contribution in [-0.4, -0.2) is 35.8 Å². The molecule has 8 nitrogen and oxygen atoms in total. The van der Waals surface area contributed by atoms with Crippen molar-refractivity contribution < 1.29 is 36.1 Å². The Morgan fingerprint density at radius 1 is 0.730 bits per heavy atom. The number of rotatable bonds is 6. The summed E-state index contributed by atoms with van der Waals surface area (Å²) in [6, 6.07) is 7.63. The molecule has 0 saturated heterocycles. The maximum atomic E-state index is 11.9. The number of nitrogens with one attached hydrogen (secondary N) is 2. The number of hydrogen-bond acceptors (Lipinski definition) is 8. The largest absolute Gasteiger partial charge is 0.493 e. The summed E-state index contributed by atoms with van der Waals surface area (Å²) < 4.78 is 9.96. The number of anilines is 2. The number of Topliss-reactive ketones (excluding diaryl/α,β-unsaturated/α-hetero) is 2. The standard InChI is InChI=1S/2C14H14N2O2.Cu/c2*1-10-6-7-15-13(8-10)16-9-11-4-3-5-12(18-2)14(11)17;/h2*3-9H,1-2H3,(H,15,16);. The van der Waals surface area contributed by atoms with Gasteiger partial charge in [-0.2, -0.15) is 0 Å². The number of aryl methyl sites for hydroxylation is 2. The predicted molar refractivity (Wildman–Crippen MR) is 140 cm³/mol. The molecule has 0 saturated carbocycles. The fraction of sp³-hybridized carbons (Fsp3) is 0.143. The zero-order chi connectivity index (χ0) is 25.9. The van der Waals surface area contributed by atoms with E-state index in [0.29, 0.717) is 34.3 Å². The van der Waals surface area contributed by atoms with E-state index in [1.165, 1.54) is 14.2 Å². The van der Waals surface area contributed by atoms with E-state index in [4.69, 9.17) is 9.47 Å². The molecule has 2 aromatic heterocycles. The number of methoxy groups -OCH3 is 2. The van der Waals surface area contributed by atoms with E-state index in [1.54, 1.807) is 61.2 Å². The van der Waals surface area contributed by atoms with Crippen LogP contribution >= 0.6 is 0 Å². The number of ketones is 2. The topological polar surface area (TPSA) is 102 Å². The average molecular weight is 548 g/mol. The quantitative estimate of drug-likeness (QED) is 0.396. The zero-order valence-corrected chi connectivity index (χ0v) is 21.9. The molecular formula is C28H28CuN4O4. The van der Waals surface area contributed by atoms with Crippen molar-refractivity contribution in [3.63, 3.8) is 0 Å². The van der Waals surface area contributed by atoms with Crippen molar-refractivity contribution in [2.45, 2.75) is 13.8 Å². The number of nitrogens with zero attached hydrogens (tertiary/aromatic N) is 2. The third-order valence-corrected chi connectivity index (χ3v) is 5.04. The summed E-state index contributed by atoms with van der Waals surface area (Å²) in [5, 5.41) is 6.00. The van der Waals surface area contributed by atoms with Gasteiger partial charge < -0.3 is 20.1 Å². The molecule has 2 aliphatic carbocycles. The fourth-order valence-electron chi connectivity index (χ4n) is 3.15. The molecule has 4 rings (SSSR count). The van der Waals surface area contributed by atoms with Gasteiger partial charge in [0, 0.05) is 53.0 Å². The number of allylic oxidation sites excluding steroid dienone is 8. The monoisotopic (exact) mass is 547 g/mol. The van der Waals surface area contributed by atoms with Gasteiger partial charge in [-0.25, -0.2) is 9.97 Å². The van der Waals surface area contributed by atoms with Gasteiger partial charge >= 0.3 is 0 Å². The zero-order valence-electron chi connectivity index (χ0n) is 20.9. The van der Waals surface area contributed by atoms with Crippen molar-refractivity contribution in [1.82, 2.24) is 9.97 Å². The molecule has 1 radical (unpaired) electrons. The summed E-state index contributed by atoms with van der Waals surface area (Å²) in [6.45, 7) is 3.97. The van der Waals surface area contributed by atoms with Crippen molar-refractivity contribution in [3.8, 4) is 0 Å². The molecule has 0 fully saturated rings. The van der Waals surface area contributed by atoms with Gasteiger partial charge in [0.25, 0.3) is 0 Å². The fourth-order valence-corrected chi connectivity index (χ4v) is 3.15. The van der Waals surface area contributed by atoms with Crippen LogP contribution in [-0.2, 0) is 36.1 Å². The van der Waals surface area contributed by atoms with Crippen LogP contribution in [0, 0.1) is 13.8 Å². The van der Waals surface area contributed by atoms with Crippen molar-refractivity contribution in [3.05, 3.63) is 119 Å². The Morgan fingerprint density at radius 3 is 1.49 bits per heavy atom. The first-order valence-corrected chi connectivity index (χ1v) is 11.1. The molecule has 0 bridgehead atoms. The van der Waals surface area contributed by atoms with Crippen LogP contribution in [0.15, 0.2) is 108 Å². The first kappa shape index (κ1) is 29.0. The van der Waals surface area contributed by atoms with Crippen molar-refractivity contribution >= 4 is 23.2 Å². The Labute approximate surface area is 227 Å². The second kappa shape index (κ2) is 14.4. The molecule has 2 aliphatic rings. The predicted octanol–water partition coefficient (Wildman–Crippen LogP) is 4.71. The van der Waals surface area contributed by atoms with Crippen LogP contribution in [0.4, 0.5) is 11.6 Å². The van der Waals surface area contributed by atoms with Crippen LogP contribution < -0.4 is 10.6 Å². The van der Waals surface area contributed by atoms with E-state index < -0.39 is 0 Å². The Balaban J connectivity index is 0.000000253. The molecular weight excluding hydrogens is 520 g/mol. The molecule has 2 heterocycles. The molecule has 9 heteroatoms. The Hall–Kier alpha value is -4.20. The summed E-state index contributed by atoms with van der Waals surface area (Å²) >= 11 is 0. The minimum Gasteiger partial charge on any atom is -0.493 e. The number of ether oxygens (including phenoxy) is 2. The van der Waals surface area contributed by atoms with Crippen LogP contribution in [0.5, 0.6) is 0 Å². The number of carbonyl (C=O) groups is 2. The number of aromatic nitrogens is 2. The van der Waals surface area contributed by atoms with E-state index in [-0.39, 0.29) is 28.6 Å². The maximum Gasteiger partial charge on any atom is 0.228 e. The third kappa shape index (κ3) is 8.45. The average Bonchev–Trinajstić information content (AvgIpc) is 2.88. The van der Waals surface area contributed by atoms with Crippen LogP contribution in [0.25, 0.3) is 0 Å². The molecule has 0 unspecified atom stereocenters. The van der Waals surface area contributed by atoms with E-state index in [0.717, 1.165) is 11.1 Å². The van der Waals surface area contributed by atoms with E-state index in [2.05, 4.69) is 20.6 Å². The van der Waals surface area contributed by atoms with Crippen molar-refractivity contribution in [1.29, 1.82) is 0 Å². The molecule has 0 aliphatic heterocycles. The summed E-state index contributed by atoms with van der Waals surface area (Å²) in [5.41, 5.74) is 3.29. The summed E-state index contributed by atoms with van der Waals surface area (Å²) in [7, 11) is 2.96. The number of pyridine rings is 2. The minimum absolute atomic E-state index is 0. The maximum absolute atomic E-state index is 11.9. The first-order valence-electron chi connectivity index (χ1n) is 11.1. The van der Waals surface area contributed by atoms with Gasteiger partial charge in [-0.1, -0.05) is 12.2 Å². The van der Waals surface area contributed by atoms with Crippen molar-refractivity contribution in [2.24, 2.45) is 0 Å². The third-order valence-electron chi connectivity index (χ3n) is 5.04. The molecule has 195 valence electrons. The van der Waals surface area contributed by atoms with Crippen LogP contribution in [0.3, 0.4) is 0 Å². The minimum atomic E-state index is -0.139. The van der Waals surface area contributed by atoms with Gasteiger partial charge in [0.1, 0.15) is 11.6 Å². The van der Waals surface area contributed by atoms with Gasteiger partial charge in [-0.05, 0) is 73.5 Å². The van der Waals surface area contributed by atoms with E-state index in [9.17, 15) is 9.59 Å². The van der Waals surface area contributed by atoms with Gasteiger partial charge in [0.05, 0.1) is 14.2 Å². The van der Waals surface area contributed by atoms with Gasteiger partial charge in [-0.3, -0.25) is 9.59 Å². The molecule has 37 heavy (non-hydrogen) atoms. The molecule has 2 N–H and O–H groups in total. The molecule has 0 atom stereocenters. The SMILES string of the molecule is COC1=CC=CC(=CNc2cc(C)ccn2)C1=O.COC1=CC=CC(=CNc2cc(C)ccn2)C1=O.[Cu]. The smallest absolute Gasteiger partial charge is 0.228 e. The number of carbonyl (C=O) groups excluding carboxylic acids is 2. The second-order valence-electron chi connectivity index (χ2n) is 7.77. The molecule has 0 amide bonds. The number of hydrogen-bond donors (Lipinski definition) is 2. The second-order valence-corrected chi connectivity index (χ2v) is 7.77. The first-order chi connectivity index (χ1) is 17.4. The summed E-state index contributed by atoms with van der Waals surface area (Å²) in [6.07, 6.45) is 17.0. The Kier molecular flexibility index (Phi) is 11.3. The Bertz CT molecular complexity index is 1220. The van der Waals surface area contributed by atoms with Gasteiger partial charge in [-0.15, -0.1) is 0 Å². The normalized spacial score (nSPS) is 16.2. The van der Waals surface area contributed by atoms with Crippen LogP contribution in [0.2, 0.25) is 0 Å². The van der Waals surface area contributed by atoms with E-state index in [1.807, 2.05) is 38.1 Å². The summed E-state index contributed by atoms with van der Waals surface area (Å²) in [4.78, 5) is 32.0. The molecule has 0 aromatic carbocycles. The summed E-state index contributed by atoms with van der Waals surface area (Å²) in [5.74, 6) is 1.81. The van der Waals surface area contributed by atoms with Crippen LogP contribution in [0.1, 0.15) is 11.1 Å². The molecule has 2 aromatic rings. The Morgan fingerprint density at radius 2 is 1.14 bits per heavy atom. The van der Waals surface area contributed by atoms with E-state index >= 15 is 0 Å². The van der Waals surface area contributed by atoms with Gasteiger partial charge in [0.15, 0.2) is 11.5 Å². The van der Waals surface area contributed by atoms with Crippen molar-refractivity contribution in [2.75, 3.05) is 24.9 Å².